The molecule has 5 nitrogen and oxygen atoms in total. The van der Waals surface area contributed by atoms with E-state index in [1.165, 1.54) is 0 Å². The molecule has 1 heterocycles. The molecule has 0 bridgehead atoms. The van der Waals surface area contributed by atoms with Gasteiger partial charge in [-0.1, -0.05) is 0 Å². The van der Waals surface area contributed by atoms with E-state index < -0.39 is 0 Å². The number of hydrogen-bond donors (Lipinski definition) is 1. The van der Waals surface area contributed by atoms with E-state index in [-0.39, 0.29) is 17.7 Å². The highest BCUT2D eigenvalue weighted by atomic mass is 16.5. The van der Waals surface area contributed by atoms with Gasteiger partial charge in [0.05, 0.1) is 18.4 Å². The van der Waals surface area contributed by atoms with E-state index in [0.717, 1.165) is 17.1 Å². The molecule has 1 aromatic heterocycles. The number of carbonyl (C=O) groups excluding carboxylic acids is 2. The molecular weight excluding hydrogens is 306 g/mol. The maximum absolute atomic E-state index is 12.0. The van der Waals surface area contributed by atoms with Crippen LogP contribution in [-0.4, -0.2) is 18.4 Å². The van der Waals surface area contributed by atoms with Crippen molar-refractivity contribution < 1.29 is 18.7 Å². The van der Waals surface area contributed by atoms with Gasteiger partial charge in [-0.15, -0.1) is 0 Å². The number of ketones is 1. The zero-order valence-electron chi connectivity index (χ0n) is 13.5. The van der Waals surface area contributed by atoms with Gasteiger partial charge in [-0.3, -0.25) is 4.79 Å². The van der Waals surface area contributed by atoms with Crippen LogP contribution < -0.4 is 5.32 Å². The van der Waals surface area contributed by atoms with Gasteiger partial charge in [0.25, 0.3) is 0 Å². The van der Waals surface area contributed by atoms with Crippen molar-refractivity contribution >= 4 is 17.4 Å². The summed E-state index contributed by atoms with van der Waals surface area (Å²) in [6, 6.07) is 10.7. The second-order valence-corrected chi connectivity index (χ2v) is 5.68. The molecule has 0 spiro atoms. The lowest BCUT2D eigenvalue weighted by Crippen LogP contribution is -2.16. The number of allylic oxidation sites excluding steroid dienone is 2. The van der Waals surface area contributed by atoms with Crippen LogP contribution in [0.2, 0.25) is 0 Å². The molecule has 24 heavy (non-hydrogen) atoms. The van der Waals surface area contributed by atoms with E-state index >= 15 is 0 Å². The molecule has 5 heteroatoms. The highest BCUT2D eigenvalue weighted by Crippen LogP contribution is 2.32. The number of anilines is 1. The Labute approximate surface area is 140 Å². The van der Waals surface area contributed by atoms with Gasteiger partial charge in [0, 0.05) is 29.8 Å². The predicted molar refractivity (Wildman–Crippen MR) is 89.8 cm³/mol. The van der Waals surface area contributed by atoms with Crippen LogP contribution in [-0.2, 0) is 9.53 Å². The van der Waals surface area contributed by atoms with Crippen LogP contribution in [0, 0.1) is 0 Å². The number of ether oxygens (including phenoxy) is 1. The van der Waals surface area contributed by atoms with Crippen LogP contribution in [0.15, 0.2) is 58.9 Å². The molecule has 124 valence electrons. The Hall–Kier alpha value is -2.82. The first-order chi connectivity index (χ1) is 11.7. The minimum atomic E-state index is -0.339. The van der Waals surface area contributed by atoms with E-state index in [9.17, 15) is 9.59 Å². The molecule has 0 unspecified atom stereocenters. The van der Waals surface area contributed by atoms with Crippen molar-refractivity contribution in [3.05, 3.63) is 65.8 Å². The lowest BCUT2D eigenvalue weighted by Gasteiger charge is -2.21. The zero-order chi connectivity index (χ0) is 16.9. The average Bonchev–Trinajstić information content (AvgIpc) is 3.10. The fourth-order valence-corrected chi connectivity index (χ4v) is 2.79. The van der Waals surface area contributed by atoms with Gasteiger partial charge in [0.2, 0.25) is 0 Å². The van der Waals surface area contributed by atoms with Gasteiger partial charge >= 0.3 is 5.97 Å². The van der Waals surface area contributed by atoms with Crippen molar-refractivity contribution in [3.8, 4) is 0 Å². The molecule has 0 radical (unpaired) electrons. The van der Waals surface area contributed by atoms with Crippen LogP contribution in [0.25, 0.3) is 0 Å². The van der Waals surface area contributed by atoms with E-state index in [1.807, 2.05) is 12.1 Å². The minimum absolute atomic E-state index is 0.0544. The molecular formula is C19H19NO4. The van der Waals surface area contributed by atoms with Gasteiger partial charge in [-0.25, -0.2) is 4.79 Å². The molecule has 3 rings (SSSR count). The van der Waals surface area contributed by atoms with Crippen molar-refractivity contribution in [1.82, 2.24) is 0 Å². The van der Waals surface area contributed by atoms with Crippen LogP contribution in [0.1, 0.15) is 41.8 Å². The third-order valence-electron chi connectivity index (χ3n) is 3.90. The second kappa shape index (κ2) is 7.17. The Morgan fingerprint density at radius 2 is 2.04 bits per heavy atom. The summed E-state index contributed by atoms with van der Waals surface area (Å²) < 4.78 is 10.4. The van der Waals surface area contributed by atoms with Gasteiger partial charge in [0.15, 0.2) is 5.78 Å². The molecule has 1 atom stereocenters. The molecule has 1 N–H and O–H groups in total. The van der Waals surface area contributed by atoms with Crippen molar-refractivity contribution in [2.24, 2.45) is 0 Å². The smallest absolute Gasteiger partial charge is 0.338 e. The standard InChI is InChI=1S/C19H19NO4/c1-2-23-19(22)13-5-7-15(8-6-13)20-16-10-14(11-17(21)12-16)18-4-3-9-24-18/h3-9,12,14,20H,2,10-11H2,1H3/t14-/m1/s1. The van der Waals surface area contributed by atoms with Crippen LogP contribution >= 0.6 is 0 Å². The molecule has 2 aromatic rings. The number of rotatable bonds is 5. The number of benzene rings is 1. The van der Waals surface area contributed by atoms with Crippen LogP contribution in [0.5, 0.6) is 0 Å². The zero-order valence-corrected chi connectivity index (χ0v) is 13.5. The van der Waals surface area contributed by atoms with Crippen LogP contribution in [0.3, 0.4) is 0 Å². The quantitative estimate of drug-likeness (QED) is 0.844. The topological polar surface area (TPSA) is 68.5 Å². The fourth-order valence-electron chi connectivity index (χ4n) is 2.79. The molecule has 1 aliphatic rings. The Balaban J connectivity index is 1.69. The largest absolute Gasteiger partial charge is 0.469 e. The Bertz CT molecular complexity index is 744. The highest BCUT2D eigenvalue weighted by molar-refractivity contribution is 5.92. The van der Waals surface area contributed by atoms with E-state index in [1.54, 1.807) is 43.5 Å². The molecule has 0 amide bonds. The summed E-state index contributed by atoms with van der Waals surface area (Å²) in [6.07, 6.45) is 4.43. The predicted octanol–water partition coefficient (Wildman–Crippen LogP) is 3.90. The second-order valence-electron chi connectivity index (χ2n) is 5.68. The van der Waals surface area contributed by atoms with E-state index in [4.69, 9.17) is 9.15 Å². The van der Waals surface area contributed by atoms with Gasteiger partial charge < -0.3 is 14.5 Å². The summed E-state index contributed by atoms with van der Waals surface area (Å²) in [4.78, 5) is 23.6. The first-order valence-electron chi connectivity index (χ1n) is 7.96. The van der Waals surface area contributed by atoms with E-state index in [0.29, 0.717) is 25.0 Å². The summed E-state index contributed by atoms with van der Waals surface area (Å²) in [5.74, 6) is 0.620. The molecule has 1 aromatic carbocycles. The normalized spacial score (nSPS) is 17.3. The number of carbonyl (C=O) groups is 2. The number of hydrogen-bond acceptors (Lipinski definition) is 5. The summed E-state index contributed by atoms with van der Waals surface area (Å²) in [7, 11) is 0. The Morgan fingerprint density at radius 1 is 1.25 bits per heavy atom. The van der Waals surface area contributed by atoms with Gasteiger partial charge in [-0.2, -0.15) is 0 Å². The SMILES string of the molecule is CCOC(=O)c1ccc(NC2=CC(=O)C[C@H](c3ccco3)C2)cc1. The Kier molecular flexibility index (Phi) is 4.79. The van der Waals surface area contributed by atoms with Crippen molar-refractivity contribution in [1.29, 1.82) is 0 Å². The van der Waals surface area contributed by atoms with Gasteiger partial charge in [-0.05, 0) is 49.7 Å². The van der Waals surface area contributed by atoms with Gasteiger partial charge in [0.1, 0.15) is 5.76 Å². The first-order valence-corrected chi connectivity index (χ1v) is 7.96. The summed E-state index contributed by atoms with van der Waals surface area (Å²) in [5.41, 5.74) is 2.17. The third kappa shape index (κ3) is 3.74. The lowest BCUT2D eigenvalue weighted by molar-refractivity contribution is -0.115. The average molecular weight is 325 g/mol. The summed E-state index contributed by atoms with van der Waals surface area (Å²) in [5, 5.41) is 3.25. The number of nitrogens with one attached hydrogen (secondary N) is 1. The fraction of sp³-hybridized carbons (Fsp3) is 0.263. The third-order valence-corrected chi connectivity index (χ3v) is 3.90. The number of furan rings is 1. The number of esters is 1. The summed E-state index contributed by atoms with van der Waals surface area (Å²) in [6.45, 7) is 2.12. The van der Waals surface area contributed by atoms with Crippen molar-refractivity contribution in [2.75, 3.05) is 11.9 Å². The van der Waals surface area contributed by atoms with Crippen molar-refractivity contribution in [2.45, 2.75) is 25.7 Å². The molecule has 1 aliphatic carbocycles. The lowest BCUT2D eigenvalue weighted by atomic mass is 9.89. The molecule has 0 fully saturated rings. The van der Waals surface area contributed by atoms with E-state index in [2.05, 4.69) is 5.32 Å². The molecule has 0 saturated carbocycles. The Morgan fingerprint density at radius 3 is 2.71 bits per heavy atom. The maximum Gasteiger partial charge on any atom is 0.338 e. The molecule has 0 saturated heterocycles. The highest BCUT2D eigenvalue weighted by Gasteiger charge is 2.24. The first kappa shape index (κ1) is 16.1. The van der Waals surface area contributed by atoms with Crippen LogP contribution in [0.4, 0.5) is 5.69 Å². The summed E-state index contributed by atoms with van der Waals surface area (Å²) >= 11 is 0. The monoisotopic (exact) mass is 325 g/mol. The molecule has 0 aliphatic heterocycles. The minimum Gasteiger partial charge on any atom is -0.469 e. The van der Waals surface area contributed by atoms with Crippen molar-refractivity contribution in [3.63, 3.8) is 0 Å². The maximum atomic E-state index is 12.0.